The smallest absolute Gasteiger partial charge is 0.259 e. The highest BCUT2D eigenvalue weighted by atomic mass is 32.2. The second-order valence-corrected chi connectivity index (χ2v) is 5.13. The second-order valence-electron chi connectivity index (χ2n) is 3.04. The molecule has 14 heavy (non-hydrogen) atoms. The molecule has 0 spiro atoms. The van der Waals surface area contributed by atoms with Gasteiger partial charge in [-0.1, -0.05) is 0 Å². The zero-order chi connectivity index (χ0) is 10.8. The van der Waals surface area contributed by atoms with Crippen LogP contribution in [0, 0.1) is 0 Å². The molecule has 0 saturated heterocycles. The maximum absolute atomic E-state index is 11.7. The summed E-state index contributed by atoms with van der Waals surface area (Å²) in [7, 11) is 1.31. The molecule has 0 aliphatic carbocycles. The van der Waals surface area contributed by atoms with Crippen LogP contribution in [0.4, 0.5) is 0 Å². The SMILES string of the molecule is CNCc1cn[nH]c1S(=O)(=O)N(C)C. The number of nitrogens with one attached hydrogen (secondary N) is 2. The Hall–Kier alpha value is -0.920. The van der Waals surface area contributed by atoms with Gasteiger partial charge in [0.05, 0.1) is 6.20 Å². The molecule has 6 nitrogen and oxygen atoms in total. The van der Waals surface area contributed by atoms with Crippen LogP contribution in [0.5, 0.6) is 0 Å². The number of sulfonamides is 1. The summed E-state index contributed by atoms with van der Waals surface area (Å²) >= 11 is 0. The number of aromatic amines is 1. The van der Waals surface area contributed by atoms with Gasteiger partial charge in [-0.05, 0) is 7.05 Å². The fraction of sp³-hybridized carbons (Fsp3) is 0.571. The molecule has 0 amide bonds. The van der Waals surface area contributed by atoms with Crippen LogP contribution in [0.2, 0.25) is 0 Å². The van der Waals surface area contributed by atoms with Crippen molar-refractivity contribution in [3.8, 4) is 0 Å². The first-order valence-electron chi connectivity index (χ1n) is 4.09. The van der Waals surface area contributed by atoms with Gasteiger partial charge < -0.3 is 5.32 Å². The molecule has 0 saturated carbocycles. The first-order valence-corrected chi connectivity index (χ1v) is 5.53. The van der Waals surface area contributed by atoms with Crippen molar-refractivity contribution in [2.24, 2.45) is 0 Å². The highest BCUT2D eigenvalue weighted by Crippen LogP contribution is 2.14. The molecule has 0 atom stereocenters. The van der Waals surface area contributed by atoms with E-state index in [4.69, 9.17) is 0 Å². The van der Waals surface area contributed by atoms with Crippen molar-refractivity contribution in [1.82, 2.24) is 19.8 Å². The number of nitrogens with zero attached hydrogens (tertiary/aromatic N) is 2. The second kappa shape index (κ2) is 4.07. The van der Waals surface area contributed by atoms with Crippen LogP contribution in [0.25, 0.3) is 0 Å². The van der Waals surface area contributed by atoms with Gasteiger partial charge in [-0.15, -0.1) is 0 Å². The lowest BCUT2D eigenvalue weighted by atomic mass is 10.4. The standard InChI is InChI=1S/C7H14N4O2S/c1-8-4-6-5-9-10-7(6)14(12,13)11(2)3/h5,8H,4H2,1-3H3,(H,9,10). The Morgan fingerprint density at radius 3 is 2.71 bits per heavy atom. The van der Waals surface area contributed by atoms with Crippen LogP contribution in [0.1, 0.15) is 5.56 Å². The van der Waals surface area contributed by atoms with Crippen molar-refractivity contribution in [2.75, 3.05) is 21.1 Å². The molecule has 0 radical (unpaired) electrons. The molecule has 80 valence electrons. The van der Waals surface area contributed by atoms with Crippen LogP contribution in [0.3, 0.4) is 0 Å². The maximum atomic E-state index is 11.7. The normalized spacial score (nSPS) is 12.3. The van der Waals surface area contributed by atoms with Gasteiger partial charge in [0, 0.05) is 26.2 Å². The molecule has 0 aromatic carbocycles. The van der Waals surface area contributed by atoms with Gasteiger partial charge in [0.1, 0.15) is 0 Å². The third-order valence-corrected chi connectivity index (χ3v) is 3.61. The lowest BCUT2D eigenvalue weighted by Crippen LogP contribution is -2.24. The molecule has 0 aliphatic heterocycles. The van der Waals surface area contributed by atoms with Gasteiger partial charge in [0.15, 0.2) is 5.03 Å². The Morgan fingerprint density at radius 2 is 2.21 bits per heavy atom. The summed E-state index contributed by atoms with van der Waals surface area (Å²) in [5.41, 5.74) is 0.640. The number of hydrogen-bond donors (Lipinski definition) is 2. The van der Waals surface area contributed by atoms with Crippen LogP contribution >= 0.6 is 0 Å². The highest BCUT2D eigenvalue weighted by Gasteiger charge is 2.22. The summed E-state index contributed by atoms with van der Waals surface area (Å²) in [5, 5.41) is 9.24. The fourth-order valence-electron chi connectivity index (χ4n) is 1.02. The van der Waals surface area contributed by atoms with Crippen molar-refractivity contribution >= 4 is 10.0 Å². The first-order chi connectivity index (χ1) is 6.50. The molecule has 0 unspecified atom stereocenters. The quantitative estimate of drug-likeness (QED) is 0.706. The van der Waals surface area contributed by atoms with Crippen molar-refractivity contribution in [3.63, 3.8) is 0 Å². The molecule has 1 rings (SSSR count). The molecule has 0 fully saturated rings. The maximum Gasteiger partial charge on any atom is 0.259 e. The van der Waals surface area contributed by atoms with E-state index < -0.39 is 10.0 Å². The van der Waals surface area contributed by atoms with E-state index in [0.717, 1.165) is 4.31 Å². The van der Waals surface area contributed by atoms with E-state index in [-0.39, 0.29) is 5.03 Å². The van der Waals surface area contributed by atoms with Crippen LogP contribution in [-0.4, -0.2) is 44.1 Å². The van der Waals surface area contributed by atoms with E-state index in [1.807, 2.05) is 0 Å². The summed E-state index contributed by atoms with van der Waals surface area (Å²) in [4.78, 5) is 0. The average Bonchev–Trinajstić information content (AvgIpc) is 2.53. The molecule has 0 aliphatic rings. The Kier molecular flexibility index (Phi) is 3.25. The minimum atomic E-state index is -3.41. The topological polar surface area (TPSA) is 78.1 Å². The number of hydrogen-bond acceptors (Lipinski definition) is 4. The summed E-state index contributed by atoms with van der Waals surface area (Å²) in [6.07, 6.45) is 1.51. The molecule has 7 heteroatoms. The van der Waals surface area contributed by atoms with Crippen molar-refractivity contribution in [3.05, 3.63) is 11.8 Å². The molecule has 2 N–H and O–H groups in total. The predicted octanol–water partition coefficient (Wildman–Crippen LogP) is -0.621. The Balaban J connectivity index is 3.13. The molecule has 1 heterocycles. The highest BCUT2D eigenvalue weighted by molar-refractivity contribution is 7.89. The third-order valence-electron chi connectivity index (χ3n) is 1.78. The molecular weight excluding hydrogens is 204 g/mol. The van der Waals surface area contributed by atoms with E-state index in [9.17, 15) is 8.42 Å². The largest absolute Gasteiger partial charge is 0.316 e. The molecular formula is C7H14N4O2S. The van der Waals surface area contributed by atoms with Gasteiger partial charge in [-0.2, -0.15) is 5.10 Å². The summed E-state index contributed by atoms with van der Waals surface area (Å²) in [5.74, 6) is 0. The Labute approximate surface area is 83.4 Å². The van der Waals surface area contributed by atoms with E-state index in [1.54, 1.807) is 7.05 Å². The first kappa shape index (κ1) is 11.2. The summed E-state index contributed by atoms with van der Waals surface area (Å²) < 4.78 is 24.6. The van der Waals surface area contributed by atoms with Crippen LogP contribution in [0.15, 0.2) is 11.2 Å². The van der Waals surface area contributed by atoms with Gasteiger partial charge in [0.25, 0.3) is 10.0 Å². The Morgan fingerprint density at radius 1 is 1.57 bits per heavy atom. The molecule has 0 bridgehead atoms. The third kappa shape index (κ3) is 1.94. The molecule has 1 aromatic rings. The van der Waals surface area contributed by atoms with Crippen molar-refractivity contribution < 1.29 is 8.42 Å². The van der Waals surface area contributed by atoms with E-state index >= 15 is 0 Å². The van der Waals surface area contributed by atoms with Crippen molar-refractivity contribution in [2.45, 2.75) is 11.6 Å². The van der Waals surface area contributed by atoms with Crippen molar-refractivity contribution in [1.29, 1.82) is 0 Å². The van der Waals surface area contributed by atoms with Gasteiger partial charge in [-0.3, -0.25) is 5.10 Å². The van der Waals surface area contributed by atoms with Crippen LogP contribution in [-0.2, 0) is 16.6 Å². The summed E-state index contributed by atoms with van der Waals surface area (Å²) in [6, 6.07) is 0. The van der Waals surface area contributed by atoms with E-state index in [0.29, 0.717) is 12.1 Å². The number of H-pyrrole nitrogens is 1. The predicted molar refractivity (Wildman–Crippen MR) is 52.2 cm³/mol. The lowest BCUT2D eigenvalue weighted by molar-refractivity contribution is 0.515. The monoisotopic (exact) mass is 218 g/mol. The number of aromatic nitrogens is 2. The van der Waals surface area contributed by atoms with Gasteiger partial charge in [0.2, 0.25) is 0 Å². The van der Waals surface area contributed by atoms with E-state index in [2.05, 4.69) is 15.5 Å². The lowest BCUT2D eigenvalue weighted by Gasteiger charge is -2.10. The molecule has 1 aromatic heterocycles. The van der Waals surface area contributed by atoms with Gasteiger partial charge >= 0.3 is 0 Å². The van der Waals surface area contributed by atoms with Crippen LogP contribution < -0.4 is 5.32 Å². The minimum Gasteiger partial charge on any atom is -0.316 e. The fourth-order valence-corrected chi connectivity index (χ4v) is 2.01. The van der Waals surface area contributed by atoms with E-state index in [1.165, 1.54) is 20.3 Å². The zero-order valence-corrected chi connectivity index (χ0v) is 9.22. The Bertz CT molecular complexity index is 396. The average molecular weight is 218 g/mol. The zero-order valence-electron chi connectivity index (χ0n) is 8.40. The van der Waals surface area contributed by atoms with Gasteiger partial charge in [-0.25, -0.2) is 12.7 Å². The minimum absolute atomic E-state index is 0.150. The summed E-state index contributed by atoms with van der Waals surface area (Å²) in [6.45, 7) is 0.471. The number of rotatable bonds is 4.